The largest absolute Gasteiger partial charge is 0.324 e. The lowest BCUT2D eigenvalue weighted by Crippen LogP contribution is -2.32. The number of carbonyl (C=O) groups excluding carboxylic acids is 1. The first-order valence-electron chi connectivity index (χ1n) is 10.9. The lowest BCUT2D eigenvalue weighted by Gasteiger charge is -2.26. The van der Waals surface area contributed by atoms with Gasteiger partial charge in [0, 0.05) is 11.7 Å². The van der Waals surface area contributed by atoms with Gasteiger partial charge in [-0.25, -0.2) is 9.67 Å². The smallest absolute Gasteiger partial charge is 0.238 e. The predicted octanol–water partition coefficient (Wildman–Crippen LogP) is 5.15. The molecule has 0 spiro atoms. The van der Waals surface area contributed by atoms with Crippen LogP contribution in [0.25, 0.3) is 5.69 Å². The molecule has 0 saturated heterocycles. The molecule has 0 aliphatic heterocycles. The fourth-order valence-corrected chi connectivity index (χ4v) is 3.74. The van der Waals surface area contributed by atoms with Gasteiger partial charge in [-0.05, 0) is 54.6 Å². The predicted molar refractivity (Wildman–Crippen MR) is 126 cm³/mol. The van der Waals surface area contributed by atoms with Crippen LogP contribution in [0.1, 0.15) is 69.2 Å². The molecule has 0 bridgehead atoms. The van der Waals surface area contributed by atoms with Crippen LogP contribution in [-0.2, 0) is 4.79 Å². The molecule has 2 aromatic carbocycles. The first kappa shape index (κ1) is 22.7. The van der Waals surface area contributed by atoms with Gasteiger partial charge in [-0.1, -0.05) is 58.0 Å². The third-order valence-corrected chi connectivity index (χ3v) is 5.75. The quantitative estimate of drug-likeness (QED) is 0.549. The van der Waals surface area contributed by atoms with Gasteiger partial charge >= 0.3 is 0 Å². The van der Waals surface area contributed by atoms with Crippen molar-refractivity contribution < 1.29 is 4.79 Å². The number of likely N-dealkylation sites (N-methyl/N-ethyl adjacent to an activating group) is 1. The Bertz CT molecular complexity index is 967. The number of nitrogens with zero attached hydrogens (tertiary/aromatic N) is 4. The molecule has 1 amide bonds. The molecule has 3 aromatic rings. The highest BCUT2D eigenvalue weighted by atomic mass is 16.2. The van der Waals surface area contributed by atoms with E-state index >= 15 is 0 Å². The second kappa shape index (κ2) is 9.88. The summed E-state index contributed by atoms with van der Waals surface area (Å²) in [5.74, 6) is 0.687. The highest BCUT2D eigenvalue weighted by molar-refractivity contribution is 5.94. The third kappa shape index (κ3) is 5.39. The van der Waals surface area contributed by atoms with Crippen LogP contribution in [0.4, 0.5) is 5.69 Å². The Morgan fingerprint density at radius 2 is 1.61 bits per heavy atom. The van der Waals surface area contributed by atoms with Gasteiger partial charge in [0.15, 0.2) is 0 Å². The zero-order chi connectivity index (χ0) is 22.5. The number of nitrogens with one attached hydrogen (secondary N) is 1. The maximum absolute atomic E-state index is 12.9. The molecule has 31 heavy (non-hydrogen) atoms. The number of rotatable bonds is 8. The van der Waals surface area contributed by atoms with Gasteiger partial charge in [0.25, 0.3) is 0 Å². The maximum atomic E-state index is 12.9. The Labute approximate surface area is 185 Å². The van der Waals surface area contributed by atoms with Crippen molar-refractivity contribution in [2.75, 3.05) is 18.9 Å². The number of aromatic nitrogens is 3. The SMILES string of the molecule is CC(C)c1cccc(C(C)C)c1NC(=O)CN(C)C(C)c1ccc(-n2cncn2)cc1. The summed E-state index contributed by atoms with van der Waals surface area (Å²) in [6.07, 6.45) is 3.19. The Balaban J connectivity index is 1.69. The van der Waals surface area contributed by atoms with Crippen molar-refractivity contribution in [3.63, 3.8) is 0 Å². The number of anilines is 1. The standard InChI is InChI=1S/C25H33N5O/c1-17(2)22-8-7-9-23(18(3)4)25(22)28-24(31)14-29(6)19(5)20-10-12-21(13-11-20)30-16-26-15-27-30/h7-13,15-19H,14H2,1-6H3,(H,28,31). The molecule has 0 aliphatic rings. The average Bonchev–Trinajstić information content (AvgIpc) is 3.28. The normalized spacial score (nSPS) is 12.5. The molecule has 0 saturated carbocycles. The Morgan fingerprint density at radius 1 is 1.00 bits per heavy atom. The van der Waals surface area contributed by atoms with Gasteiger partial charge < -0.3 is 5.32 Å². The maximum Gasteiger partial charge on any atom is 0.238 e. The fourth-order valence-electron chi connectivity index (χ4n) is 3.74. The van der Waals surface area contributed by atoms with E-state index < -0.39 is 0 Å². The first-order chi connectivity index (χ1) is 14.8. The molecule has 1 unspecified atom stereocenters. The van der Waals surface area contributed by atoms with Crippen molar-refractivity contribution in [1.82, 2.24) is 19.7 Å². The van der Waals surface area contributed by atoms with Crippen LogP contribution in [0.2, 0.25) is 0 Å². The molecular formula is C25H33N5O. The summed E-state index contributed by atoms with van der Waals surface area (Å²) in [5, 5.41) is 7.36. The number of amides is 1. The van der Waals surface area contributed by atoms with E-state index in [2.05, 4.69) is 85.2 Å². The van der Waals surface area contributed by atoms with Crippen molar-refractivity contribution in [2.45, 2.75) is 52.5 Å². The summed E-state index contributed by atoms with van der Waals surface area (Å²) >= 11 is 0. The monoisotopic (exact) mass is 419 g/mol. The highest BCUT2D eigenvalue weighted by Gasteiger charge is 2.19. The Hall–Kier alpha value is -2.99. The molecule has 0 aliphatic carbocycles. The topological polar surface area (TPSA) is 63.1 Å². The van der Waals surface area contributed by atoms with Crippen molar-refractivity contribution in [1.29, 1.82) is 0 Å². The van der Waals surface area contributed by atoms with E-state index in [1.807, 2.05) is 19.2 Å². The number of benzene rings is 2. The van der Waals surface area contributed by atoms with Gasteiger partial charge in [0.2, 0.25) is 5.91 Å². The van der Waals surface area contributed by atoms with Crippen LogP contribution >= 0.6 is 0 Å². The van der Waals surface area contributed by atoms with Crippen LogP contribution < -0.4 is 5.32 Å². The Morgan fingerprint density at radius 3 is 2.13 bits per heavy atom. The second-order valence-electron chi connectivity index (χ2n) is 8.69. The van der Waals surface area contributed by atoms with E-state index in [1.54, 1.807) is 11.0 Å². The molecule has 0 radical (unpaired) electrons. The van der Waals surface area contributed by atoms with Gasteiger partial charge in [-0.2, -0.15) is 5.10 Å². The fraction of sp³-hybridized carbons (Fsp3) is 0.400. The minimum atomic E-state index is 0.00332. The van der Waals surface area contributed by atoms with Gasteiger partial charge in [-0.15, -0.1) is 0 Å². The van der Waals surface area contributed by atoms with Crippen molar-refractivity contribution >= 4 is 11.6 Å². The summed E-state index contributed by atoms with van der Waals surface area (Å²) in [4.78, 5) is 19.0. The van der Waals surface area contributed by atoms with Crippen LogP contribution in [0.5, 0.6) is 0 Å². The molecule has 6 heteroatoms. The van der Waals surface area contributed by atoms with Crippen LogP contribution in [-0.4, -0.2) is 39.2 Å². The number of hydrogen-bond donors (Lipinski definition) is 1. The first-order valence-corrected chi connectivity index (χ1v) is 10.9. The number of carbonyl (C=O) groups is 1. The van der Waals surface area contributed by atoms with Crippen LogP contribution in [0.15, 0.2) is 55.1 Å². The summed E-state index contributed by atoms with van der Waals surface area (Å²) in [6.45, 7) is 11.1. The average molecular weight is 420 g/mol. The van der Waals surface area contributed by atoms with E-state index in [-0.39, 0.29) is 11.9 Å². The highest BCUT2D eigenvalue weighted by Crippen LogP contribution is 2.32. The number of para-hydroxylation sites is 1. The molecular weight excluding hydrogens is 386 g/mol. The van der Waals surface area contributed by atoms with Crippen molar-refractivity contribution in [3.8, 4) is 5.69 Å². The zero-order valence-electron chi connectivity index (χ0n) is 19.3. The van der Waals surface area contributed by atoms with Crippen LogP contribution in [0.3, 0.4) is 0 Å². The molecule has 3 rings (SSSR count). The molecule has 1 atom stereocenters. The minimum absolute atomic E-state index is 0.00332. The lowest BCUT2D eigenvalue weighted by molar-refractivity contribution is -0.117. The molecule has 1 N–H and O–H groups in total. The molecule has 0 fully saturated rings. The summed E-state index contributed by atoms with van der Waals surface area (Å²) in [7, 11) is 1.98. The van der Waals surface area contributed by atoms with E-state index in [0.717, 1.165) is 16.9 Å². The number of hydrogen-bond acceptors (Lipinski definition) is 4. The minimum Gasteiger partial charge on any atom is -0.324 e. The Kier molecular flexibility index (Phi) is 7.23. The second-order valence-corrected chi connectivity index (χ2v) is 8.69. The summed E-state index contributed by atoms with van der Waals surface area (Å²) in [5.41, 5.74) is 5.43. The van der Waals surface area contributed by atoms with Crippen molar-refractivity contribution in [3.05, 3.63) is 71.8 Å². The molecule has 1 heterocycles. The summed E-state index contributed by atoms with van der Waals surface area (Å²) in [6, 6.07) is 14.6. The van der Waals surface area contributed by atoms with Gasteiger partial charge in [-0.3, -0.25) is 9.69 Å². The molecule has 1 aromatic heterocycles. The van der Waals surface area contributed by atoms with Gasteiger partial charge in [0.1, 0.15) is 12.7 Å². The molecule has 164 valence electrons. The summed E-state index contributed by atoms with van der Waals surface area (Å²) < 4.78 is 1.73. The molecule has 6 nitrogen and oxygen atoms in total. The van der Waals surface area contributed by atoms with E-state index in [9.17, 15) is 4.79 Å². The lowest BCUT2D eigenvalue weighted by atomic mass is 9.92. The third-order valence-electron chi connectivity index (χ3n) is 5.75. The van der Waals surface area contributed by atoms with E-state index in [1.165, 1.54) is 17.5 Å². The van der Waals surface area contributed by atoms with E-state index in [4.69, 9.17) is 0 Å². The van der Waals surface area contributed by atoms with E-state index in [0.29, 0.717) is 18.4 Å². The zero-order valence-corrected chi connectivity index (χ0v) is 19.3. The van der Waals surface area contributed by atoms with Crippen molar-refractivity contribution in [2.24, 2.45) is 0 Å². The van der Waals surface area contributed by atoms with Gasteiger partial charge in [0.05, 0.1) is 12.2 Å². The van der Waals surface area contributed by atoms with Crippen LogP contribution in [0, 0.1) is 0 Å².